The van der Waals surface area contributed by atoms with E-state index in [1.54, 1.807) is 0 Å². The minimum atomic E-state index is -0.692. The molecule has 2 rings (SSSR count). The van der Waals surface area contributed by atoms with E-state index in [0.29, 0.717) is 5.92 Å². The van der Waals surface area contributed by atoms with Crippen LogP contribution in [0, 0.1) is 5.92 Å². The van der Waals surface area contributed by atoms with E-state index in [0.717, 1.165) is 65.2 Å². The average Bonchev–Trinajstić information content (AvgIpc) is 2.87. The number of nitrogens with two attached hydrogens (primary N) is 1. The molecule has 2 atom stereocenters. The van der Waals surface area contributed by atoms with Crippen LogP contribution in [0.3, 0.4) is 0 Å². The first-order valence-electron chi connectivity index (χ1n) is 7.91. The lowest BCUT2D eigenvalue weighted by Gasteiger charge is -2.30. The Morgan fingerprint density at radius 3 is 2.70 bits per heavy atom. The smallest absolute Gasteiger partial charge is 0.242 e. The van der Waals surface area contributed by atoms with Gasteiger partial charge in [-0.3, -0.25) is 9.69 Å². The normalized spacial score (nSPS) is 27.6. The van der Waals surface area contributed by atoms with Crippen molar-refractivity contribution in [2.45, 2.75) is 38.6 Å². The molecule has 0 aliphatic carbocycles. The van der Waals surface area contributed by atoms with Crippen molar-refractivity contribution in [2.75, 3.05) is 45.9 Å². The molecule has 2 aliphatic rings. The number of rotatable bonds is 5. The quantitative estimate of drug-likeness (QED) is 0.806. The first kappa shape index (κ1) is 15.7. The van der Waals surface area contributed by atoms with Gasteiger partial charge in [-0.05, 0) is 25.7 Å². The summed E-state index contributed by atoms with van der Waals surface area (Å²) in [6, 6.07) is 0. The molecule has 0 aromatic rings. The lowest BCUT2D eigenvalue weighted by atomic mass is 9.96. The van der Waals surface area contributed by atoms with Crippen LogP contribution in [-0.2, 0) is 9.53 Å². The summed E-state index contributed by atoms with van der Waals surface area (Å²) in [4.78, 5) is 16.9. The Balaban J connectivity index is 1.80. The van der Waals surface area contributed by atoms with Crippen molar-refractivity contribution >= 4 is 5.91 Å². The summed E-state index contributed by atoms with van der Waals surface area (Å²) in [5.41, 5.74) is 5.47. The first-order chi connectivity index (χ1) is 9.53. The molecular formula is C15H29N3O2. The third-order valence-electron chi connectivity index (χ3n) is 4.45. The highest BCUT2D eigenvalue weighted by atomic mass is 16.5. The van der Waals surface area contributed by atoms with Crippen LogP contribution in [0.15, 0.2) is 0 Å². The third-order valence-corrected chi connectivity index (χ3v) is 4.45. The number of carbonyl (C=O) groups is 1. The summed E-state index contributed by atoms with van der Waals surface area (Å²) >= 11 is 0. The third kappa shape index (κ3) is 3.93. The van der Waals surface area contributed by atoms with E-state index < -0.39 is 5.54 Å². The highest BCUT2D eigenvalue weighted by Gasteiger charge is 2.36. The minimum absolute atomic E-state index is 0.129. The number of morpholine rings is 1. The van der Waals surface area contributed by atoms with Gasteiger partial charge in [-0.2, -0.15) is 0 Å². The number of carbonyl (C=O) groups excluding carboxylic acids is 1. The summed E-state index contributed by atoms with van der Waals surface area (Å²) in [5, 5.41) is 0. The number of amides is 1. The second kappa shape index (κ2) is 6.87. The van der Waals surface area contributed by atoms with Crippen molar-refractivity contribution < 1.29 is 9.53 Å². The monoisotopic (exact) mass is 283 g/mol. The molecule has 2 unspecified atom stereocenters. The fourth-order valence-electron chi connectivity index (χ4n) is 3.30. The molecule has 0 spiro atoms. The van der Waals surface area contributed by atoms with Crippen LogP contribution in [0.1, 0.15) is 33.1 Å². The van der Waals surface area contributed by atoms with Gasteiger partial charge in [0.2, 0.25) is 5.91 Å². The Hall–Kier alpha value is -0.650. The zero-order chi connectivity index (χ0) is 14.6. The van der Waals surface area contributed by atoms with Crippen LogP contribution < -0.4 is 5.73 Å². The molecular weight excluding hydrogens is 254 g/mol. The van der Waals surface area contributed by atoms with Gasteiger partial charge in [-0.25, -0.2) is 0 Å². The fourth-order valence-corrected chi connectivity index (χ4v) is 3.30. The van der Waals surface area contributed by atoms with Gasteiger partial charge in [0.25, 0.3) is 0 Å². The van der Waals surface area contributed by atoms with Crippen molar-refractivity contribution in [3.8, 4) is 0 Å². The van der Waals surface area contributed by atoms with Gasteiger partial charge in [-0.1, -0.05) is 13.3 Å². The molecule has 20 heavy (non-hydrogen) atoms. The predicted molar refractivity (Wildman–Crippen MR) is 79.4 cm³/mol. The molecule has 5 heteroatoms. The topological polar surface area (TPSA) is 58.8 Å². The molecule has 2 saturated heterocycles. The Morgan fingerprint density at radius 1 is 1.35 bits per heavy atom. The van der Waals surface area contributed by atoms with E-state index in [2.05, 4.69) is 11.8 Å². The highest BCUT2D eigenvalue weighted by molar-refractivity contribution is 5.85. The van der Waals surface area contributed by atoms with E-state index in [9.17, 15) is 4.79 Å². The Bertz CT molecular complexity index is 327. The van der Waals surface area contributed by atoms with Gasteiger partial charge in [0.15, 0.2) is 0 Å². The lowest BCUT2D eigenvalue weighted by Crippen LogP contribution is -2.52. The van der Waals surface area contributed by atoms with Gasteiger partial charge in [0.05, 0.1) is 18.8 Å². The number of nitrogens with zero attached hydrogens (tertiary/aromatic N) is 2. The standard InChI is InChI=1S/C15H29N3O2/c1-3-5-15(2,16)14(19)18-6-4-13(12-18)11-17-7-9-20-10-8-17/h13H,3-12,16H2,1-2H3. The molecule has 2 heterocycles. The molecule has 5 nitrogen and oxygen atoms in total. The fraction of sp³-hybridized carbons (Fsp3) is 0.933. The maximum Gasteiger partial charge on any atom is 0.242 e. The van der Waals surface area contributed by atoms with Gasteiger partial charge in [0.1, 0.15) is 0 Å². The maximum atomic E-state index is 12.5. The van der Waals surface area contributed by atoms with E-state index in [1.165, 1.54) is 0 Å². The van der Waals surface area contributed by atoms with E-state index in [4.69, 9.17) is 10.5 Å². The number of hydrogen-bond donors (Lipinski definition) is 1. The van der Waals surface area contributed by atoms with E-state index in [1.807, 2.05) is 11.8 Å². The van der Waals surface area contributed by atoms with Crippen LogP contribution in [0.25, 0.3) is 0 Å². The van der Waals surface area contributed by atoms with Crippen molar-refractivity contribution in [1.82, 2.24) is 9.80 Å². The number of hydrogen-bond acceptors (Lipinski definition) is 4. The predicted octanol–water partition coefficient (Wildman–Crippen LogP) is 0.685. The summed E-state index contributed by atoms with van der Waals surface area (Å²) in [6.45, 7) is 10.5. The van der Waals surface area contributed by atoms with Crippen LogP contribution in [0.4, 0.5) is 0 Å². The SMILES string of the molecule is CCCC(C)(N)C(=O)N1CCC(CN2CCOCC2)C1. The second-order valence-electron chi connectivity index (χ2n) is 6.49. The molecule has 0 bridgehead atoms. The number of ether oxygens (including phenoxy) is 1. The Labute approximate surface area is 122 Å². The molecule has 0 saturated carbocycles. The lowest BCUT2D eigenvalue weighted by molar-refractivity contribution is -0.135. The average molecular weight is 283 g/mol. The molecule has 116 valence electrons. The largest absolute Gasteiger partial charge is 0.379 e. The summed E-state index contributed by atoms with van der Waals surface area (Å²) in [6.07, 6.45) is 2.81. The summed E-state index contributed by atoms with van der Waals surface area (Å²) in [5.74, 6) is 0.721. The van der Waals surface area contributed by atoms with Crippen molar-refractivity contribution in [3.63, 3.8) is 0 Å². The molecule has 0 radical (unpaired) electrons. The van der Waals surface area contributed by atoms with Gasteiger partial charge in [-0.15, -0.1) is 0 Å². The molecule has 2 fully saturated rings. The van der Waals surface area contributed by atoms with Crippen molar-refractivity contribution in [1.29, 1.82) is 0 Å². The maximum absolute atomic E-state index is 12.5. The minimum Gasteiger partial charge on any atom is -0.379 e. The number of likely N-dealkylation sites (tertiary alicyclic amines) is 1. The van der Waals surface area contributed by atoms with E-state index >= 15 is 0 Å². The molecule has 0 aromatic heterocycles. The van der Waals surface area contributed by atoms with Gasteiger partial charge < -0.3 is 15.4 Å². The van der Waals surface area contributed by atoms with Crippen LogP contribution >= 0.6 is 0 Å². The molecule has 0 aromatic carbocycles. The Kier molecular flexibility index (Phi) is 5.41. The highest BCUT2D eigenvalue weighted by Crippen LogP contribution is 2.22. The van der Waals surface area contributed by atoms with E-state index in [-0.39, 0.29) is 5.91 Å². The van der Waals surface area contributed by atoms with Crippen LogP contribution in [0.2, 0.25) is 0 Å². The summed E-state index contributed by atoms with van der Waals surface area (Å²) < 4.78 is 5.37. The molecule has 2 aliphatic heterocycles. The zero-order valence-corrected chi connectivity index (χ0v) is 12.9. The molecule has 1 amide bonds. The first-order valence-corrected chi connectivity index (χ1v) is 7.91. The summed E-state index contributed by atoms with van der Waals surface area (Å²) in [7, 11) is 0. The second-order valence-corrected chi connectivity index (χ2v) is 6.49. The van der Waals surface area contributed by atoms with Gasteiger partial charge in [0, 0.05) is 32.7 Å². The van der Waals surface area contributed by atoms with Crippen LogP contribution in [0.5, 0.6) is 0 Å². The van der Waals surface area contributed by atoms with Gasteiger partial charge >= 0.3 is 0 Å². The van der Waals surface area contributed by atoms with Crippen molar-refractivity contribution in [3.05, 3.63) is 0 Å². The van der Waals surface area contributed by atoms with Crippen molar-refractivity contribution in [2.24, 2.45) is 11.7 Å². The van der Waals surface area contributed by atoms with Crippen LogP contribution in [-0.4, -0.2) is 67.2 Å². The zero-order valence-electron chi connectivity index (χ0n) is 12.9. The Morgan fingerprint density at radius 2 is 2.05 bits per heavy atom. The molecule has 2 N–H and O–H groups in total.